The number of hydrogen-bond acceptors (Lipinski definition) is 5. The summed E-state index contributed by atoms with van der Waals surface area (Å²) in [6.07, 6.45) is 4.35. The molecule has 0 bridgehead atoms. The van der Waals surface area contributed by atoms with Crippen LogP contribution in [0.15, 0.2) is 30.6 Å². The van der Waals surface area contributed by atoms with Gasteiger partial charge in [0.2, 0.25) is 0 Å². The molecule has 104 valence electrons. The highest BCUT2D eigenvalue weighted by Gasteiger charge is 2.11. The van der Waals surface area contributed by atoms with Gasteiger partial charge in [-0.3, -0.25) is 4.98 Å². The van der Waals surface area contributed by atoms with Gasteiger partial charge in [-0.25, -0.2) is 14.8 Å². The number of pyridine rings is 1. The van der Waals surface area contributed by atoms with Gasteiger partial charge in [0.15, 0.2) is 5.69 Å². The van der Waals surface area contributed by atoms with Gasteiger partial charge in [-0.1, -0.05) is 0 Å². The maximum atomic E-state index is 11.0. The standard InChI is InChI=1S/C14H16N4O2/c1-10-16-12(14(19)20)9-13(17-10)18(2)8-5-11-3-6-15-7-4-11/h3-4,6-7,9H,5,8H2,1-2H3,(H,19,20). The summed E-state index contributed by atoms with van der Waals surface area (Å²) in [6, 6.07) is 5.41. The van der Waals surface area contributed by atoms with E-state index < -0.39 is 5.97 Å². The molecule has 2 aromatic heterocycles. The van der Waals surface area contributed by atoms with E-state index in [1.807, 2.05) is 24.1 Å². The molecule has 2 heterocycles. The van der Waals surface area contributed by atoms with Crippen molar-refractivity contribution in [3.05, 3.63) is 47.7 Å². The van der Waals surface area contributed by atoms with Crippen LogP contribution in [0.2, 0.25) is 0 Å². The van der Waals surface area contributed by atoms with Crippen molar-refractivity contribution in [1.29, 1.82) is 0 Å². The molecule has 0 atom stereocenters. The van der Waals surface area contributed by atoms with Gasteiger partial charge in [-0.2, -0.15) is 0 Å². The molecule has 0 aromatic carbocycles. The molecule has 0 aliphatic carbocycles. The average molecular weight is 272 g/mol. The third-order valence-corrected chi connectivity index (χ3v) is 2.92. The zero-order valence-electron chi connectivity index (χ0n) is 11.4. The van der Waals surface area contributed by atoms with E-state index in [1.165, 1.54) is 11.6 Å². The Balaban J connectivity index is 2.09. The molecule has 0 fully saturated rings. The van der Waals surface area contributed by atoms with Crippen LogP contribution in [-0.2, 0) is 6.42 Å². The number of hydrogen-bond donors (Lipinski definition) is 1. The molecule has 1 N–H and O–H groups in total. The number of aromatic carboxylic acids is 1. The molecule has 0 amide bonds. The van der Waals surface area contributed by atoms with Gasteiger partial charge in [0.05, 0.1) is 0 Å². The van der Waals surface area contributed by atoms with E-state index in [-0.39, 0.29) is 5.69 Å². The number of aryl methyl sites for hydroxylation is 1. The van der Waals surface area contributed by atoms with Crippen molar-refractivity contribution in [2.45, 2.75) is 13.3 Å². The first-order chi connectivity index (χ1) is 9.56. The lowest BCUT2D eigenvalue weighted by Crippen LogP contribution is -2.22. The van der Waals surface area contributed by atoms with E-state index in [0.29, 0.717) is 11.6 Å². The van der Waals surface area contributed by atoms with E-state index in [9.17, 15) is 4.79 Å². The van der Waals surface area contributed by atoms with Crippen LogP contribution < -0.4 is 4.90 Å². The topological polar surface area (TPSA) is 79.2 Å². The lowest BCUT2D eigenvalue weighted by molar-refractivity contribution is 0.0690. The van der Waals surface area contributed by atoms with Gasteiger partial charge < -0.3 is 10.0 Å². The minimum absolute atomic E-state index is 0.0169. The number of nitrogens with zero attached hydrogens (tertiary/aromatic N) is 4. The monoisotopic (exact) mass is 272 g/mol. The van der Waals surface area contributed by atoms with Crippen LogP contribution >= 0.6 is 0 Å². The van der Waals surface area contributed by atoms with Crippen molar-refractivity contribution < 1.29 is 9.90 Å². The molecule has 2 aromatic rings. The van der Waals surface area contributed by atoms with Gasteiger partial charge in [0.1, 0.15) is 11.6 Å². The molecular formula is C14H16N4O2. The van der Waals surface area contributed by atoms with E-state index in [1.54, 1.807) is 19.3 Å². The smallest absolute Gasteiger partial charge is 0.354 e. The van der Waals surface area contributed by atoms with Crippen LogP contribution in [0.1, 0.15) is 21.9 Å². The van der Waals surface area contributed by atoms with Crippen molar-refractivity contribution in [2.75, 3.05) is 18.5 Å². The molecule has 0 saturated carbocycles. The Kier molecular flexibility index (Phi) is 4.24. The van der Waals surface area contributed by atoms with Crippen LogP contribution in [0.4, 0.5) is 5.82 Å². The highest BCUT2D eigenvalue weighted by atomic mass is 16.4. The second-order valence-electron chi connectivity index (χ2n) is 4.49. The Labute approximate surface area is 117 Å². The number of likely N-dealkylation sites (N-methyl/N-ethyl adjacent to an activating group) is 1. The van der Waals surface area contributed by atoms with Gasteiger partial charge in [0.25, 0.3) is 0 Å². The summed E-state index contributed by atoms with van der Waals surface area (Å²) in [5, 5.41) is 9.01. The first-order valence-corrected chi connectivity index (χ1v) is 6.25. The minimum atomic E-state index is -1.04. The Morgan fingerprint density at radius 1 is 1.30 bits per heavy atom. The summed E-state index contributed by atoms with van der Waals surface area (Å²) in [4.78, 5) is 25.0. The van der Waals surface area contributed by atoms with Crippen molar-refractivity contribution in [3.63, 3.8) is 0 Å². The molecule has 6 heteroatoms. The zero-order valence-corrected chi connectivity index (χ0v) is 11.4. The summed E-state index contributed by atoms with van der Waals surface area (Å²) in [5.74, 6) is 0.0268. The Morgan fingerprint density at radius 3 is 2.65 bits per heavy atom. The molecule has 0 aliphatic rings. The highest BCUT2D eigenvalue weighted by Crippen LogP contribution is 2.12. The summed E-state index contributed by atoms with van der Waals surface area (Å²) in [5.41, 5.74) is 1.19. The number of anilines is 1. The van der Waals surface area contributed by atoms with Crippen molar-refractivity contribution in [1.82, 2.24) is 15.0 Å². The third kappa shape index (κ3) is 3.50. The number of rotatable bonds is 5. The molecule has 2 rings (SSSR count). The molecule has 0 unspecified atom stereocenters. The minimum Gasteiger partial charge on any atom is -0.477 e. The number of carbonyl (C=O) groups is 1. The summed E-state index contributed by atoms with van der Waals surface area (Å²) in [7, 11) is 1.88. The quantitative estimate of drug-likeness (QED) is 0.889. The average Bonchev–Trinajstić information content (AvgIpc) is 2.45. The van der Waals surface area contributed by atoms with E-state index in [2.05, 4.69) is 15.0 Å². The molecule has 0 radical (unpaired) electrons. The van der Waals surface area contributed by atoms with Gasteiger partial charge in [-0.15, -0.1) is 0 Å². The van der Waals surface area contributed by atoms with Crippen LogP contribution in [0.5, 0.6) is 0 Å². The molecule has 0 saturated heterocycles. The number of carboxylic acid groups (broad SMARTS) is 1. The first kappa shape index (κ1) is 13.9. The van der Waals surface area contributed by atoms with Crippen LogP contribution in [0, 0.1) is 6.92 Å². The predicted octanol–water partition coefficient (Wildman–Crippen LogP) is 1.56. The van der Waals surface area contributed by atoms with Crippen molar-refractivity contribution in [2.24, 2.45) is 0 Å². The van der Waals surface area contributed by atoms with Crippen molar-refractivity contribution in [3.8, 4) is 0 Å². The Hall–Kier alpha value is -2.50. The molecule has 6 nitrogen and oxygen atoms in total. The zero-order chi connectivity index (χ0) is 14.5. The lowest BCUT2D eigenvalue weighted by atomic mass is 10.2. The normalized spacial score (nSPS) is 10.3. The van der Waals surface area contributed by atoms with Gasteiger partial charge >= 0.3 is 5.97 Å². The van der Waals surface area contributed by atoms with E-state index in [0.717, 1.165) is 13.0 Å². The Bertz CT molecular complexity index is 601. The SMILES string of the molecule is Cc1nc(C(=O)O)cc(N(C)CCc2ccncc2)n1. The molecular weight excluding hydrogens is 256 g/mol. The Morgan fingerprint density at radius 2 is 2.00 bits per heavy atom. The molecule has 20 heavy (non-hydrogen) atoms. The van der Waals surface area contributed by atoms with Crippen LogP contribution in [0.3, 0.4) is 0 Å². The van der Waals surface area contributed by atoms with Gasteiger partial charge in [-0.05, 0) is 31.0 Å². The first-order valence-electron chi connectivity index (χ1n) is 6.25. The summed E-state index contributed by atoms with van der Waals surface area (Å²) < 4.78 is 0. The fraction of sp³-hybridized carbons (Fsp3) is 0.286. The number of aromatic nitrogens is 3. The fourth-order valence-corrected chi connectivity index (χ4v) is 1.82. The number of carboxylic acids is 1. The van der Waals surface area contributed by atoms with Crippen molar-refractivity contribution >= 4 is 11.8 Å². The second-order valence-corrected chi connectivity index (χ2v) is 4.49. The van der Waals surface area contributed by atoms with E-state index >= 15 is 0 Å². The largest absolute Gasteiger partial charge is 0.477 e. The fourth-order valence-electron chi connectivity index (χ4n) is 1.82. The maximum absolute atomic E-state index is 11.0. The summed E-state index contributed by atoms with van der Waals surface area (Å²) >= 11 is 0. The molecule has 0 spiro atoms. The van der Waals surface area contributed by atoms with Crippen LogP contribution in [-0.4, -0.2) is 39.6 Å². The predicted molar refractivity (Wildman–Crippen MR) is 74.9 cm³/mol. The van der Waals surface area contributed by atoms with E-state index in [4.69, 9.17) is 5.11 Å². The lowest BCUT2D eigenvalue weighted by Gasteiger charge is -2.18. The summed E-state index contributed by atoms with van der Waals surface area (Å²) in [6.45, 7) is 2.42. The highest BCUT2D eigenvalue weighted by molar-refractivity contribution is 5.86. The molecule has 0 aliphatic heterocycles. The van der Waals surface area contributed by atoms with Gasteiger partial charge in [0, 0.05) is 32.1 Å². The second kappa shape index (κ2) is 6.10. The third-order valence-electron chi connectivity index (χ3n) is 2.92. The maximum Gasteiger partial charge on any atom is 0.354 e. The van der Waals surface area contributed by atoms with Crippen LogP contribution in [0.25, 0.3) is 0 Å².